The van der Waals surface area contributed by atoms with E-state index in [1.165, 1.54) is 19.4 Å². The molecule has 1 aromatic carbocycles. The topological polar surface area (TPSA) is 82.3 Å². The molecule has 1 heterocycles. The number of hydrogen-bond acceptors (Lipinski definition) is 5. The SMILES string of the molecule is COC(=O)c1cnc(N)c(C(=O)c2ccccc2)c1. The molecule has 0 aliphatic heterocycles. The minimum Gasteiger partial charge on any atom is -0.465 e. The van der Waals surface area contributed by atoms with Crippen LogP contribution < -0.4 is 5.73 Å². The molecule has 5 nitrogen and oxygen atoms in total. The molecule has 0 saturated heterocycles. The summed E-state index contributed by atoms with van der Waals surface area (Å²) >= 11 is 0. The number of benzene rings is 1. The second kappa shape index (κ2) is 5.30. The number of ether oxygens (including phenoxy) is 1. The molecule has 2 N–H and O–H groups in total. The predicted octanol–water partition coefficient (Wildman–Crippen LogP) is 1.68. The quantitative estimate of drug-likeness (QED) is 0.667. The number of hydrogen-bond donors (Lipinski definition) is 1. The van der Waals surface area contributed by atoms with Crippen LogP contribution in [0.1, 0.15) is 26.3 Å². The number of carbonyl (C=O) groups is 2. The smallest absolute Gasteiger partial charge is 0.339 e. The molecule has 0 aliphatic rings. The van der Waals surface area contributed by atoms with Crippen molar-refractivity contribution in [2.75, 3.05) is 12.8 Å². The number of ketones is 1. The minimum atomic E-state index is -0.561. The highest BCUT2D eigenvalue weighted by Crippen LogP contribution is 2.16. The fourth-order valence-electron chi connectivity index (χ4n) is 1.63. The second-order valence-corrected chi connectivity index (χ2v) is 3.84. The van der Waals surface area contributed by atoms with Crippen LogP contribution in [0.3, 0.4) is 0 Å². The third kappa shape index (κ3) is 2.60. The Balaban J connectivity index is 2.44. The first kappa shape index (κ1) is 12.8. The highest BCUT2D eigenvalue weighted by atomic mass is 16.5. The first-order valence-corrected chi connectivity index (χ1v) is 5.57. The van der Waals surface area contributed by atoms with Crippen molar-refractivity contribution < 1.29 is 14.3 Å². The van der Waals surface area contributed by atoms with Gasteiger partial charge in [-0.1, -0.05) is 30.3 Å². The van der Waals surface area contributed by atoms with Crippen LogP contribution in [-0.4, -0.2) is 23.8 Å². The van der Waals surface area contributed by atoms with Gasteiger partial charge in [-0.3, -0.25) is 4.79 Å². The molecule has 0 atom stereocenters. The van der Waals surface area contributed by atoms with Crippen LogP contribution in [-0.2, 0) is 4.74 Å². The van der Waals surface area contributed by atoms with Crippen LogP contribution in [0, 0.1) is 0 Å². The molecule has 0 unspecified atom stereocenters. The fourth-order valence-corrected chi connectivity index (χ4v) is 1.63. The van der Waals surface area contributed by atoms with Gasteiger partial charge in [0, 0.05) is 11.8 Å². The molecule has 2 rings (SSSR count). The summed E-state index contributed by atoms with van der Waals surface area (Å²) in [6.45, 7) is 0. The molecule has 0 amide bonds. The molecule has 1 aromatic heterocycles. The van der Waals surface area contributed by atoms with E-state index in [0.717, 1.165) is 0 Å². The van der Waals surface area contributed by atoms with E-state index < -0.39 is 5.97 Å². The monoisotopic (exact) mass is 256 g/mol. The summed E-state index contributed by atoms with van der Waals surface area (Å²) in [5.74, 6) is -0.757. The van der Waals surface area contributed by atoms with E-state index in [1.54, 1.807) is 24.3 Å². The Labute approximate surface area is 110 Å². The molecular weight excluding hydrogens is 244 g/mol. The molecule has 0 radical (unpaired) electrons. The average Bonchev–Trinajstić information content (AvgIpc) is 2.47. The van der Waals surface area contributed by atoms with Crippen molar-refractivity contribution in [2.45, 2.75) is 0 Å². The third-order valence-corrected chi connectivity index (χ3v) is 2.62. The summed E-state index contributed by atoms with van der Waals surface area (Å²) in [5.41, 5.74) is 6.55. The Morgan fingerprint density at radius 3 is 2.47 bits per heavy atom. The third-order valence-electron chi connectivity index (χ3n) is 2.62. The maximum absolute atomic E-state index is 12.3. The molecule has 5 heteroatoms. The Kier molecular flexibility index (Phi) is 3.56. The Morgan fingerprint density at radius 2 is 1.84 bits per heavy atom. The number of carbonyl (C=O) groups excluding carboxylic acids is 2. The molecular formula is C14H12N2O3. The van der Waals surface area contributed by atoms with Crippen LogP contribution in [0.25, 0.3) is 0 Å². The Hall–Kier alpha value is -2.69. The van der Waals surface area contributed by atoms with Crippen molar-refractivity contribution in [3.8, 4) is 0 Å². The summed E-state index contributed by atoms with van der Waals surface area (Å²) in [4.78, 5) is 27.5. The lowest BCUT2D eigenvalue weighted by atomic mass is 10.0. The summed E-state index contributed by atoms with van der Waals surface area (Å²) in [6, 6.07) is 10.0. The van der Waals surface area contributed by atoms with Gasteiger partial charge < -0.3 is 10.5 Å². The first-order valence-electron chi connectivity index (χ1n) is 5.57. The highest BCUT2D eigenvalue weighted by Gasteiger charge is 2.16. The summed E-state index contributed by atoms with van der Waals surface area (Å²) in [6.07, 6.45) is 1.28. The van der Waals surface area contributed by atoms with Crippen molar-refractivity contribution in [1.29, 1.82) is 0 Å². The zero-order valence-electron chi connectivity index (χ0n) is 10.3. The van der Waals surface area contributed by atoms with E-state index in [4.69, 9.17) is 5.73 Å². The lowest BCUT2D eigenvalue weighted by Gasteiger charge is -2.06. The molecule has 0 fully saturated rings. The molecule has 0 bridgehead atoms. The molecule has 2 aromatic rings. The van der Waals surface area contributed by atoms with Gasteiger partial charge in [0.05, 0.1) is 18.2 Å². The van der Waals surface area contributed by atoms with Crippen LogP contribution in [0.5, 0.6) is 0 Å². The van der Waals surface area contributed by atoms with Crippen LogP contribution in [0.2, 0.25) is 0 Å². The van der Waals surface area contributed by atoms with Gasteiger partial charge in [-0.05, 0) is 6.07 Å². The van der Waals surface area contributed by atoms with Gasteiger partial charge in [-0.25, -0.2) is 9.78 Å². The molecule has 19 heavy (non-hydrogen) atoms. The van der Waals surface area contributed by atoms with Gasteiger partial charge in [-0.2, -0.15) is 0 Å². The summed E-state index contributed by atoms with van der Waals surface area (Å²) in [7, 11) is 1.26. The second-order valence-electron chi connectivity index (χ2n) is 3.84. The van der Waals surface area contributed by atoms with Crippen LogP contribution in [0.4, 0.5) is 5.82 Å². The zero-order chi connectivity index (χ0) is 13.8. The largest absolute Gasteiger partial charge is 0.465 e. The molecule has 0 aliphatic carbocycles. The van der Waals surface area contributed by atoms with E-state index >= 15 is 0 Å². The Bertz CT molecular complexity index is 624. The van der Waals surface area contributed by atoms with E-state index in [0.29, 0.717) is 5.56 Å². The number of nitrogens with two attached hydrogens (primary N) is 1. The van der Waals surface area contributed by atoms with E-state index in [2.05, 4.69) is 9.72 Å². The number of nitrogen functional groups attached to an aromatic ring is 1. The van der Waals surface area contributed by atoms with Crippen LogP contribution >= 0.6 is 0 Å². The fraction of sp³-hybridized carbons (Fsp3) is 0.0714. The average molecular weight is 256 g/mol. The Morgan fingerprint density at radius 1 is 1.16 bits per heavy atom. The highest BCUT2D eigenvalue weighted by molar-refractivity contribution is 6.12. The molecule has 0 spiro atoms. The summed E-state index contributed by atoms with van der Waals surface area (Å²) in [5, 5.41) is 0. The lowest BCUT2D eigenvalue weighted by molar-refractivity contribution is 0.0600. The molecule has 0 saturated carbocycles. The predicted molar refractivity (Wildman–Crippen MR) is 69.9 cm³/mol. The maximum Gasteiger partial charge on any atom is 0.339 e. The number of esters is 1. The number of nitrogens with zero attached hydrogens (tertiary/aromatic N) is 1. The van der Waals surface area contributed by atoms with Crippen molar-refractivity contribution >= 4 is 17.6 Å². The van der Waals surface area contributed by atoms with Gasteiger partial charge in [0.25, 0.3) is 0 Å². The van der Waals surface area contributed by atoms with Gasteiger partial charge >= 0.3 is 5.97 Å². The van der Waals surface area contributed by atoms with Gasteiger partial charge in [0.15, 0.2) is 5.78 Å². The number of anilines is 1. The zero-order valence-corrected chi connectivity index (χ0v) is 10.3. The number of rotatable bonds is 3. The standard InChI is InChI=1S/C14H12N2O3/c1-19-14(18)10-7-11(13(15)16-8-10)12(17)9-5-3-2-4-6-9/h2-8H,1H3,(H2,15,16). The minimum absolute atomic E-state index is 0.0847. The van der Waals surface area contributed by atoms with Crippen molar-refractivity contribution in [3.63, 3.8) is 0 Å². The number of methoxy groups -OCH3 is 1. The number of pyridine rings is 1. The van der Waals surface area contributed by atoms with Gasteiger partial charge in [-0.15, -0.1) is 0 Å². The van der Waals surface area contributed by atoms with Crippen LogP contribution in [0.15, 0.2) is 42.6 Å². The first-order chi connectivity index (χ1) is 9.13. The van der Waals surface area contributed by atoms with Crippen molar-refractivity contribution in [2.24, 2.45) is 0 Å². The van der Waals surface area contributed by atoms with Crippen molar-refractivity contribution in [3.05, 3.63) is 59.3 Å². The van der Waals surface area contributed by atoms with E-state index in [1.807, 2.05) is 6.07 Å². The van der Waals surface area contributed by atoms with E-state index in [9.17, 15) is 9.59 Å². The summed E-state index contributed by atoms with van der Waals surface area (Å²) < 4.78 is 4.59. The number of aromatic nitrogens is 1. The van der Waals surface area contributed by atoms with E-state index in [-0.39, 0.29) is 22.7 Å². The van der Waals surface area contributed by atoms with Crippen molar-refractivity contribution in [1.82, 2.24) is 4.98 Å². The van der Waals surface area contributed by atoms with Gasteiger partial charge in [0.1, 0.15) is 5.82 Å². The molecule has 96 valence electrons. The maximum atomic E-state index is 12.3. The lowest BCUT2D eigenvalue weighted by Crippen LogP contribution is -2.10. The van der Waals surface area contributed by atoms with Gasteiger partial charge in [0.2, 0.25) is 0 Å². The normalized spacial score (nSPS) is 9.95.